The van der Waals surface area contributed by atoms with Crippen molar-refractivity contribution in [3.8, 4) is 0 Å². The summed E-state index contributed by atoms with van der Waals surface area (Å²) < 4.78 is 0. The fourth-order valence-corrected chi connectivity index (χ4v) is 2.78. The predicted octanol–water partition coefficient (Wildman–Crippen LogP) is 2.70. The van der Waals surface area contributed by atoms with Gasteiger partial charge in [0.1, 0.15) is 0 Å². The van der Waals surface area contributed by atoms with Crippen molar-refractivity contribution in [3.63, 3.8) is 0 Å². The van der Waals surface area contributed by atoms with E-state index in [4.69, 9.17) is 11.6 Å². The van der Waals surface area contributed by atoms with Crippen LogP contribution in [-0.4, -0.2) is 42.0 Å². The number of carbonyl (C=O) groups is 1. The summed E-state index contributed by atoms with van der Waals surface area (Å²) in [4.78, 5) is 20.5. The molecule has 4 nitrogen and oxygen atoms in total. The number of pyridine rings is 1. The molecule has 0 saturated carbocycles. The average molecular weight is 302 g/mol. The van der Waals surface area contributed by atoms with Crippen LogP contribution in [0.4, 0.5) is 5.69 Å². The van der Waals surface area contributed by atoms with Crippen molar-refractivity contribution >= 4 is 23.2 Å². The topological polar surface area (TPSA) is 36.4 Å². The molecule has 2 aromatic rings. The van der Waals surface area contributed by atoms with Gasteiger partial charge in [0.25, 0.3) is 5.91 Å². The largest absolute Gasteiger partial charge is 0.367 e. The van der Waals surface area contributed by atoms with Crippen molar-refractivity contribution in [2.24, 2.45) is 0 Å². The number of piperazine rings is 1. The first-order chi connectivity index (χ1) is 10.3. The zero-order valence-electron chi connectivity index (χ0n) is 11.6. The summed E-state index contributed by atoms with van der Waals surface area (Å²) in [6.07, 6.45) is 3.39. The summed E-state index contributed by atoms with van der Waals surface area (Å²) in [5.74, 6) is 0.0936. The number of amides is 1. The minimum absolute atomic E-state index is 0.0936. The van der Waals surface area contributed by atoms with Crippen LogP contribution in [0.2, 0.25) is 5.02 Å². The average Bonchev–Trinajstić information content (AvgIpc) is 2.56. The van der Waals surface area contributed by atoms with Gasteiger partial charge in [0.15, 0.2) is 0 Å². The Morgan fingerprint density at radius 3 is 2.43 bits per heavy atom. The van der Waals surface area contributed by atoms with Gasteiger partial charge in [-0.05, 0) is 18.2 Å². The molecule has 1 aromatic carbocycles. The molecule has 108 valence electrons. The van der Waals surface area contributed by atoms with Gasteiger partial charge in [-0.25, -0.2) is 0 Å². The lowest BCUT2D eigenvalue weighted by Crippen LogP contribution is -2.48. The molecule has 1 aliphatic heterocycles. The van der Waals surface area contributed by atoms with Crippen LogP contribution in [0.1, 0.15) is 10.4 Å². The fraction of sp³-hybridized carbons (Fsp3) is 0.250. The molecule has 1 fully saturated rings. The fourth-order valence-electron chi connectivity index (χ4n) is 2.54. The van der Waals surface area contributed by atoms with Crippen LogP contribution in [0, 0.1) is 0 Å². The van der Waals surface area contributed by atoms with Gasteiger partial charge in [-0.3, -0.25) is 9.78 Å². The maximum absolute atomic E-state index is 12.4. The Morgan fingerprint density at radius 2 is 1.76 bits per heavy atom. The number of halogens is 1. The van der Waals surface area contributed by atoms with Gasteiger partial charge in [-0.2, -0.15) is 0 Å². The Balaban J connectivity index is 1.66. The standard InChI is InChI=1S/C16H16ClN3O/c17-14-12-18-7-6-15(14)19-8-10-20(11-9-19)16(21)13-4-2-1-3-5-13/h1-7,12H,8-11H2. The van der Waals surface area contributed by atoms with E-state index < -0.39 is 0 Å². The number of hydrogen-bond donors (Lipinski definition) is 0. The smallest absolute Gasteiger partial charge is 0.253 e. The first kappa shape index (κ1) is 13.9. The van der Waals surface area contributed by atoms with Crippen molar-refractivity contribution < 1.29 is 4.79 Å². The molecule has 1 aliphatic rings. The van der Waals surface area contributed by atoms with Crippen molar-refractivity contribution in [1.82, 2.24) is 9.88 Å². The number of aromatic nitrogens is 1. The van der Waals surface area contributed by atoms with Gasteiger partial charge >= 0.3 is 0 Å². The highest BCUT2D eigenvalue weighted by Crippen LogP contribution is 2.25. The highest BCUT2D eigenvalue weighted by molar-refractivity contribution is 6.33. The molecule has 5 heteroatoms. The molecule has 0 N–H and O–H groups in total. The zero-order chi connectivity index (χ0) is 14.7. The molecule has 3 rings (SSSR count). The number of carbonyl (C=O) groups excluding carboxylic acids is 1. The van der Waals surface area contributed by atoms with Gasteiger partial charge in [0.05, 0.1) is 10.7 Å². The summed E-state index contributed by atoms with van der Waals surface area (Å²) in [7, 11) is 0. The van der Waals surface area contributed by atoms with Crippen LogP contribution in [-0.2, 0) is 0 Å². The molecule has 21 heavy (non-hydrogen) atoms. The van der Waals surface area contributed by atoms with Crippen LogP contribution >= 0.6 is 11.6 Å². The molecule has 1 aromatic heterocycles. The van der Waals surface area contributed by atoms with E-state index >= 15 is 0 Å². The Labute approximate surface area is 129 Å². The van der Waals surface area contributed by atoms with Crippen molar-refractivity contribution in [1.29, 1.82) is 0 Å². The van der Waals surface area contributed by atoms with E-state index in [1.807, 2.05) is 41.3 Å². The van der Waals surface area contributed by atoms with Crippen LogP contribution in [0.25, 0.3) is 0 Å². The second-order valence-corrected chi connectivity index (χ2v) is 5.38. The van der Waals surface area contributed by atoms with E-state index in [9.17, 15) is 4.79 Å². The van der Waals surface area contributed by atoms with E-state index in [0.29, 0.717) is 18.1 Å². The van der Waals surface area contributed by atoms with E-state index in [0.717, 1.165) is 24.3 Å². The maximum atomic E-state index is 12.4. The Bertz CT molecular complexity index is 624. The summed E-state index contributed by atoms with van der Waals surface area (Å²) in [5.41, 5.74) is 1.73. The van der Waals surface area contributed by atoms with Gasteiger partial charge in [0.2, 0.25) is 0 Å². The molecule has 2 heterocycles. The summed E-state index contributed by atoms with van der Waals surface area (Å²) in [6.45, 7) is 2.96. The highest BCUT2D eigenvalue weighted by Gasteiger charge is 2.23. The summed E-state index contributed by atoms with van der Waals surface area (Å²) in [6, 6.07) is 11.3. The Kier molecular flexibility index (Phi) is 4.06. The number of hydrogen-bond acceptors (Lipinski definition) is 3. The minimum Gasteiger partial charge on any atom is -0.367 e. The Morgan fingerprint density at radius 1 is 1.05 bits per heavy atom. The number of anilines is 1. The van der Waals surface area contributed by atoms with Gasteiger partial charge in [-0.1, -0.05) is 29.8 Å². The molecule has 0 radical (unpaired) electrons. The second-order valence-electron chi connectivity index (χ2n) is 4.97. The number of benzene rings is 1. The van der Waals surface area contributed by atoms with Gasteiger partial charge in [0, 0.05) is 44.1 Å². The van der Waals surface area contributed by atoms with Crippen LogP contribution in [0.15, 0.2) is 48.8 Å². The van der Waals surface area contributed by atoms with Crippen molar-refractivity contribution in [2.45, 2.75) is 0 Å². The lowest BCUT2D eigenvalue weighted by molar-refractivity contribution is 0.0747. The monoisotopic (exact) mass is 301 g/mol. The minimum atomic E-state index is 0.0936. The van der Waals surface area contributed by atoms with Crippen molar-refractivity contribution in [3.05, 3.63) is 59.4 Å². The first-order valence-electron chi connectivity index (χ1n) is 6.94. The lowest BCUT2D eigenvalue weighted by atomic mass is 10.2. The molecule has 0 spiro atoms. The molecule has 0 unspecified atom stereocenters. The number of rotatable bonds is 2. The first-order valence-corrected chi connectivity index (χ1v) is 7.32. The summed E-state index contributed by atoms with van der Waals surface area (Å²) >= 11 is 6.17. The number of nitrogens with zero attached hydrogens (tertiary/aromatic N) is 3. The molecule has 0 aliphatic carbocycles. The lowest BCUT2D eigenvalue weighted by Gasteiger charge is -2.36. The Hall–Kier alpha value is -2.07. The van der Waals surface area contributed by atoms with E-state index in [1.54, 1.807) is 12.4 Å². The predicted molar refractivity (Wildman–Crippen MR) is 83.8 cm³/mol. The third-order valence-electron chi connectivity index (χ3n) is 3.68. The SMILES string of the molecule is O=C(c1ccccc1)N1CCN(c2ccncc2Cl)CC1. The second kappa shape index (κ2) is 6.14. The quantitative estimate of drug-likeness (QED) is 0.856. The van der Waals surface area contributed by atoms with Crippen LogP contribution < -0.4 is 4.90 Å². The third kappa shape index (κ3) is 3.00. The van der Waals surface area contributed by atoms with Crippen LogP contribution in [0.5, 0.6) is 0 Å². The van der Waals surface area contributed by atoms with E-state index in [1.165, 1.54) is 0 Å². The summed E-state index contributed by atoms with van der Waals surface area (Å²) in [5, 5.41) is 0.653. The molecule has 0 bridgehead atoms. The maximum Gasteiger partial charge on any atom is 0.253 e. The molecule has 1 saturated heterocycles. The zero-order valence-corrected chi connectivity index (χ0v) is 12.3. The van der Waals surface area contributed by atoms with Crippen molar-refractivity contribution in [2.75, 3.05) is 31.1 Å². The third-order valence-corrected chi connectivity index (χ3v) is 3.97. The molecule has 0 atom stereocenters. The highest BCUT2D eigenvalue weighted by atomic mass is 35.5. The van der Waals surface area contributed by atoms with E-state index in [2.05, 4.69) is 9.88 Å². The van der Waals surface area contributed by atoms with E-state index in [-0.39, 0.29) is 5.91 Å². The molecular weight excluding hydrogens is 286 g/mol. The van der Waals surface area contributed by atoms with Gasteiger partial charge in [-0.15, -0.1) is 0 Å². The van der Waals surface area contributed by atoms with Crippen LogP contribution in [0.3, 0.4) is 0 Å². The molecular formula is C16H16ClN3O. The van der Waals surface area contributed by atoms with Gasteiger partial charge < -0.3 is 9.80 Å². The molecule has 1 amide bonds. The normalized spacial score (nSPS) is 15.1.